The second-order valence-corrected chi connectivity index (χ2v) is 7.82. The van der Waals surface area contributed by atoms with Crippen LogP contribution >= 0.6 is 0 Å². The van der Waals surface area contributed by atoms with E-state index in [0.29, 0.717) is 17.2 Å². The summed E-state index contributed by atoms with van der Waals surface area (Å²) in [5.74, 6) is -1.53. The quantitative estimate of drug-likeness (QED) is 0.759. The number of rotatable bonds is 4. The van der Waals surface area contributed by atoms with Crippen molar-refractivity contribution in [2.45, 2.75) is 30.5 Å². The summed E-state index contributed by atoms with van der Waals surface area (Å²) in [6.07, 6.45) is -5.06. The highest BCUT2D eigenvalue weighted by molar-refractivity contribution is 7.90. The van der Waals surface area contributed by atoms with Gasteiger partial charge < -0.3 is 10.1 Å². The number of nitrogens with zero attached hydrogens (tertiary/aromatic N) is 2. The van der Waals surface area contributed by atoms with Crippen molar-refractivity contribution >= 4 is 27.5 Å². The number of carbonyl (C=O) groups excluding carboxylic acids is 2. The van der Waals surface area contributed by atoms with Crippen LogP contribution in [0.4, 0.5) is 18.9 Å². The number of halogens is 3. The van der Waals surface area contributed by atoms with Gasteiger partial charge >= 0.3 is 6.18 Å². The lowest BCUT2D eigenvalue weighted by Gasteiger charge is -2.25. The Morgan fingerprint density at radius 3 is 2.62 bits per heavy atom. The molecule has 1 aromatic carbocycles. The van der Waals surface area contributed by atoms with Gasteiger partial charge in [-0.15, -0.1) is 0 Å². The molecule has 0 spiro atoms. The van der Waals surface area contributed by atoms with Crippen LogP contribution in [0.5, 0.6) is 5.75 Å². The highest BCUT2D eigenvalue weighted by Crippen LogP contribution is 2.33. The van der Waals surface area contributed by atoms with Crippen LogP contribution in [0.15, 0.2) is 29.2 Å². The molecule has 1 aliphatic rings. The third kappa shape index (κ3) is 4.04. The van der Waals surface area contributed by atoms with Crippen LogP contribution < -0.4 is 14.8 Å². The fraction of sp³-hybridized carbons (Fsp3) is 0.312. The summed E-state index contributed by atoms with van der Waals surface area (Å²) >= 11 is 0. The summed E-state index contributed by atoms with van der Waals surface area (Å²) in [6.45, 7) is 1.74. The van der Waals surface area contributed by atoms with Crippen LogP contribution in [0.25, 0.3) is 0 Å². The van der Waals surface area contributed by atoms with E-state index < -0.39 is 50.4 Å². The Labute approximate surface area is 162 Å². The first kappa shape index (κ1) is 20.6. The molecule has 29 heavy (non-hydrogen) atoms. The van der Waals surface area contributed by atoms with E-state index in [1.165, 1.54) is 6.07 Å². The first-order valence-corrected chi connectivity index (χ1v) is 9.70. The molecule has 0 unspecified atom stereocenters. The molecule has 1 atom stereocenters. The fourth-order valence-corrected chi connectivity index (χ4v) is 3.63. The first-order valence-electron chi connectivity index (χ1n) is 8.22. The number of sulfonamides is 1. The number of alkyl halides is 3. The molecule has 1 aromatic heterocycles. The molecule has 0 fully saturated rings. The van der Waals surface area contributed by atoms with Crippen LogP contribution in [0.3, 0.4) is 0 Å². The molecular weight excluding hydrogens is 417 g/mol. The molecule has 1 aliphatic heterocycles. The van der Waals surface area contributed by atoms with Gasteiger partial charge in [0.1, 0.15) is 11.4 Å². The SMILES string of the molecule is CC[C@@H]1Oc2ccc(S(=O)(=O)NC(=O)c3cc(C(F)(F)F)n(C)n3)cc2NC1=O. The molecule has 2 amide bonds. The maximum absolute atomic E-state index is 12.8. The van der Waals surface area contributed by atoms with Crippen molar-refractivity contribution in [3.8, 4) is 5.75 Å². The van der Waals surface area contributed by atoms with E-state index in [2.05, 4.69) is 10.4 Å². The number of hydrogen-bond donors (Lipinski definition) is 2. The monoisotopic (exact) mass is 432 g/mol. The van der Waals surface area contributed by atoms with Crippen molar-refractivity contribution < 1.29 is 35.9 Å². The van der Waals surface area contributed by atoms with Crippen molar-refractivity contribution in [3.63, 3.8) is 0 Å². The Bertz CT molecular complexity index is 1090. The van der Waals surface area contributed by atoms with Gasteiger partial charge in [0.2, 0.25) is 0 Å². The molecule has 2 N–H and O–H groups in total. The minimum atomic E-state index is -4.76. The largest absolute Gasteiger partial charge is 0.478 e. The number of benzene rings is 1. The molecule has 0 saturated carbocycles. The second-order valence-electron chi connectivity index (χ2n) is 6.13. The molecule has 0 radical (unpaired) electrons. The Morgan fingerprint density at radius 1 is 1.34 bits per heavy atom. The molecular formula is C16H15F3N4O5S. The molecule has 156 valence electrons. The number of amides is 2. The summed E-state index contributed by atoms with van der Waals surface area (Å²) in [5, 5.41) is 5.90. The number of fused-ring (bicyclic) bond motifs is 1. The number of hydrogen-bond acceptors (Lipinski definition) is 6. The first-order chi connectivity index (χ1) is 13.4. The van der Waals surface area contributed by atoms with Crippen molar-refractivity contribution in [3.05, 3.63) is 35.7 Å². The zero-order chi connectivity index (χ0) is 21.6. The lowest BCUT2D eigenvalue weighted by atomic mass is 10.2. The lowest BCUT2D eigenvalue weighted by Crippen LogP contribution is -2.36. The van der Waals surface area contributed by atoms with Gasteiger partial charge in [-0.25, -0.2) is 13.1 Å². The summed E-state index contributed by atoms with van der Waals surface area (Å²) in [5.41, 5.74) is -1.84. The van der Waals surface area contributed by atoms with Gasteiger partial charge in [0, 0.05) is 13.1 Å². The number of ether oxygens (including phenoxy) is 1. The van der Waals surface area contributed by atoms with Gasteiger partial charge in [-0.05, 0) is 24.6 Å². The average Bonchev–Trinajstić information content (AvgIpc) is 3.02. The molecule has 13 heteroatoms. The number of aryl methyl sites for hydroxylation is 1. The topological polar surface area (TPSA) is 119 Å². The smallest absolute Gasteiger partial charge is 0.433 e. The van der Waals surface area contributed by atoms with Gasteiger partial charge in [-0.3, -0.25) is 14.3 Å². The molecule has 2 heterocycles. The average molecular weight is 432 g/mol. The highest BCUT2D eigenvalue weighted by atomic mass is 32.2. The highest BCUT2D eigenvalue weighted by Gasteiger charge is 2.36. The van der Waals surface area contributed by atoms with Crippen molar-refractivity contribution in [2.75, 3.05) is 5.32 Å². The third-order valence-corrected chi connectivity index (χ3v) is 5.41. The summed E-state index contributed by atoms with van der Waals surface area (Å²) in [7, 11) is -3.48. The number of nitrogens with one attached hydrogen (secondary N) is 2. The molecule has 0 bridgehead atoms. The van der Waals surface area contributed by atoms with Crippen LogP contribution in [0.2, 0.25) is 0 Å². The van der Waals surface area contributed by atoms with Crippen molar-refractivity contribution in [1.82, 2.24) is 14.5 Å². The predicted molar refractivity (Wildman–Crippen MR) is 92.6 cm³/mol. The van der Waals surface area contributed by atoms with Gasteiger partial charge in [0.05, 0.1) is 10.6 Å². The van der Waals surface area contributed by atoms with Crippen molar-refractivity contribution in [2.24, 2.45) is 7.05 Å². The lowest BCUT2D eigenvalue weighted by molar-refractivity contribution is -0.143. The second kappa shape index (κ2) is 7.06. The summed E-state index contributed by atoms with van der Waals surface area (Å²) in [4.78, 5) is 23.6. The zero-order valence-corrected chi connectivity index (χ0v) is 15.9. The van der Waals surface area contributed by atoms with Crippen LogP contribution in [0, 0.1) is 0 Å². The van der Waals surface area contributed by atoms with E-state index in [9.17, 15) is 31.2 Å². The minimum absolute atomic E-state index is 0.0900. The molecule has 3 rings (SSSR count). The maximum atomic E-state index is 12.8. The summed E-state index contributed by atoms with van der Waals surface area (Å²) in [6, 6.07) is 3.96. The Balaban J connectivity index is 1.84. The standard InChI is InChI=1S/C16H15F3N4O5S/c1-3-11-15(25)20-9-6-8(4-5-12(9)28-11)29(26,27)22-14(24)10-7-13(16(17,18)19)23(2)21-10/h4-7,11H,3H2,1-2H3,(H,20,25)(H,22,24)/t11-/m0/s1. The number of carbonyl (C=O) groups is 2. The van der Waals surface area contributed by atoms with E-state index in [1.54, 1.807) is 11.6 Å². The Morgan fingerprint density at radius 2 is 2.03 bits per heavy atom. The van der Waals surface area contributed by atoms with Crippen molar-refractivity contribution in [1.29, 1.82) is 0 Å². The molecule has 9 nitrogen and oxygen atoms in total. The molecule has 2 aromatic rings. The van der Waals surface area contributed by atoms with E-state index in [0.717, 1.165) is 19.2 Å². The van der Waals surface area contributed by atoms with E-state index >= 15 is 0 Å². The van der Waals surface area contributed by atoms with E-state index in [-0.39, 0.29) is 11.4 Å². The molecule has 0 saturated heterocycles. The third-order valence-electron chi connectivity index (χ3n) is 4.08. The number of aromatic nitrogens is 2. The van der Waals surface area contributed by atoms with Gasteiger partial charge in [-0.2, -0.15) is 18.3 Å². The van der Waals surface area contributed by atoms with Crippen LogP contribution in [-0.4, -0.2) is 36.1 Å². The van der Waals surface area contributed by atoms with Crippen LogP contribution in [0.1, 0.15) is 29.5 Å². The normalized spacial score (nSPS) is 16.6. The molecule has 0 aliphatic carbocycles. The fourth-order valence-electron chi connectivity index (χ4n) is 2.64. The Kier molecular flexibility index (Phi) is 5.03. The Hall–Kier alpha value is -3.09. The van der Waals surface area contributed by atoms with Crippen LogP contribution in [-0.2, 0) is 28.0 Å². The minimum Gasteiger partial charge on any atom is -0.478 e. The van der Waals surface area contributed by atoms with Gasteiger partial charge in [-0.1, -0.05) is 6.92 Å². The zero-order valence-electron chi connectivity index (χ0n) is 15.1. The summed E-state index contributed by atoms with van der Waals surface area (Å²) < 4.78 is 70.9. The van der Waals surface area contributed by atoms with Gasteiger partial charge in [0.15, 0.2) is 11.8 Å². The van der Waals surface area contributed by atoms with E-state index in [1.807, 2.05) is 0 Å². The predicted octanol–water partition coefficient (Wildman–Crippen LogP) is 1.67. The van der Waals surface area contributed by atoms with E-state index in [4.69, 9.17) is 4.74 Å². The van der Waals surface area contributed by atoms with Gasteiger partial charge in [0.25, 0.3) is 21.8 Å². The maximum Gasteiger partial charge on any atom is 0.433 e. The number of anilines is 1.